The molecule has 1 heterocycles. The van der Waals surface area contributed by atoms with Crippen LogP contribution in [0.5, 0.6) is 11.5 Å². The molecule has 3 rings (SSSR count). The van der Waals surface area contributed by atoms with Crippen LogP contribution >= 0.6 is 0 Å². The van der Waals surface area contributed by atoms with Gasteiger partial charge in [0.05, 0.1) is 18.9 Å². The van der Waals surface area contributed by atoms with Gasteiger partial charge in [-0.15, -0.1) is 0 Å². The van der Waals surface area contributed by atoms with Crippen molar-refractivity contribution >= 4 is 11.6 Å². The lowest BCUT2D eigenvalue weighted by Gasteiger charge is -2.14. The van der Waals surface area contributed by atoms with Gasteiger partial charge in [0, 0.05) is 6.42 Å². The van der Waals surface area contributed by atoms with E-state index < -0.39 is 0 Å². The zero-order valence-electron chi connectivity index (χ0n) is 13.6. The highest BCUT2D eigenvalue weighted by Crippen LogP contribution is 2.26. The van der Waals surface area contributed by atoms with E-state index in [-0.39, 0.29) is 12.5 Å². The Labute approximate surface area is 141 Å². The van der Waals surface area contributed by atoms with Crippen LogP contribution in [0.25, 0.3) is 0 Å². The standard InChI is InChI=1S/C19H20N2O3/c1-2-23-17-10-6-7-11-18(17)24-14-19(22)21-13-12-16(20-21)15-8-4-3-5-9-15/h3-11H,2,12-14H2,1H3. The fourth-order valence-corrected chi connectivity index (χ4v) is 2.53. The van der Waals surface area contributed by atoms with E-state index in [4.69, 9.17) is 9.47 Å². The van der Waals surface area contributed by atoms with Crippen LogP contribution in [0.2, 0.25) is 0 Å². The summed E-state index contributed by atoms with van der Waals surface area (Å²) in [5.74, 6) is 1.05. The number of carbonyl (C=O) groups excluding carboxylic acids is 1. The van der Waals surface area contributed by atoms with Gasteiger partial charge in [0.1, 0.15) is 0 Å². The van der Waals surface area contributed by atoms with E-state index in [0.29, 0.717) is 24.7 Å². The molecular weight excluding hydrogens is 304 g/mol. The summed E-state index contributed by atoms with van der Waals surface area (Å²) in [6.45, 7) is 2.98. The van der Waals surface area contributed by atoms with Crippen molar-refractivity contribution in [3.63, 3.8) is 0 Å². The lowest BCUT2D eigenvalue weighted by atomic mass is 10.1. The first-order valence-corrected chi connectivity index (χ1v) is 8.06. The number of benzene rings is 2. The van der Waals surface area contributed by atoms with Crippen LogP contribution in [-0.4, -0.2) is 36.4 Å². The topological polar surface area (TPSA) is 51.1 Å². The molecule has 0 unspecified atom stereocenters. The van der Waals surface area contributed by atoms with Crippen molar-refractivity contribution < 1.29 is 14.3 Å². The summed E-state index contributed by atoms with van der Waals surface area (Å²) in [5, 5.41) is 5.90. The van der Waals surface area contributed by atoms with E-state index in [0.717, 1.165) is 17.7 Å². The minimum absolute atomic E-state index is 0.0599. The third kappa shape index (κ3) is 3.74. The second-order valence-corrected chi connectivity index (χ2v) is 5.35. The molecule has 0 saturated carbocycles. The van der Waals surface area contributed by atoms with Gasteiger partial charge in [-0.1, -0.05) is 42.5 Å². The van der Waals surface area contributed by atoms with Crippen molar-refractivity contribution in [1.82, 2.24) is 5.01 Å². The molecule has 0 fully saturated rings. The first-order chi connectivity index (χ1) is 11.8. The summed E-state index contributed by atoms with van der Waals surface area (Å²) >= 11 is 0. The fourth-order valence-electron chi connectivity index (χ4n) is 2.53. The quantitative estimate of drug-likeness (QED) is 0.820. The Morgan fingerprint density at radius 2 is 1.71 bits per heavy atom. The maximum Gasteiger partial charge on any atom is 0.280 e. The molecule has 5 heteroatoms. The van der Waals surface area contributed by atoms with Crippen LogP contribution in [0.1, 0.15) is 18.9 Å². The number of nitrogens with zero attached hydrogens (tertiary/aromatic N) is 2. The Morgan fingerprint density at radius 1 is 1.04 bits per heavy atom. The number of carbonyl (C=O) groups is 1. The predicted octanol–water partition coefficient (Wildman–Crippen LogP) is 3.10. The van der Waals surface area contributed by atoms with Crippen molar-refractivity contribution in [2.45, 2.75) is 13.3 Å². The van der Waals surface area contributed by atoms with E-state index >= 15 is 0 Å². The molecule has 124 valence electrons. The van der Waals surface area contributed by atoms with Gasteiger partial charge < -0.3 is 9.47 Å². The second-order valence-electron chi connectivity index (χ2n) is 5.35. The van der Waals surface area contributed by atoms with Gasteiger partial charge in [-0.2, -0.15) is 5.10 Å². The Kier molecular flexibility index (Phi) is 5.11. The van der Waals surface area contributed by atoms with E-state index in [9.17, 15) is 4.79 Å². The summed E-state index contributed by atoms with van der Waals surface area (Å²) in [6.07, 6.45) is 0.755. The summed E-state index contributed by atoms with van der Waals surface area (Å²) in [4.78, 5) is 12.3. The molecule has 1 aliphatic heterocycles. The first-order valence-electron chi connectivity index (χ1n) is 8.06. The number of rotatable bonds is 6. The molecule has 0 radical (unpaired) electrons. The fraction of sp³-hybridized carbons (Fsp3) is 0.263. The molecule has 1 aliphatic rings. The van der Waals surface area contributed by atoms with Crippen LogP contribution in [0, 0.1) is 0 Å². The molecule has 0 spiro atoms. The molecule has 24 heavy (non-hydrogen) atoms. The molecule has 0 aliphatic carbocycles. The average Bonchev–Trinajstić information content (AvgIpc) is 3.12. The minimum Gasteiger partial charge on any atom is -0.490 e. The number of amides is 1. The van der Waals surface area contributed by atoms with Gasteiger partial charge in [-0.25, -0.2) is 5.01 Å². The highest BCUT2D eigenvalue weighted by atomic mass is 16.5. The van der Waals surface area contributed by atoms with E-state index in [1.165, 1.54) is 5.01 Å². The molecule has 2 aromatic rings. The lowest BCUT2D eigenvalue weighted by Crippen LogP contribution is -2.28. The number of hydrogen-bond acceptors (Lipinski definition) is 4. The first kappa shape index (κ1) is 16.1. The zero-order valence-corrected chi connectivity index (χ0v) is 13.6. The molecule has 2 aromatic carbocycles. The maximum absolute atomic E-state index is 12.3. The largest absolute Gasteiger partial charge is 0.490 e. The Bertz CT molecular complexity index is 728. The van der Waals surface area contributed by atoms with E-state index in [1.807, 2.05) is 55.5 Å². The average molecular weight is 324 g/mol. The number of para-hydroxylation sites is 2. The van der Waals surface area contributed by atoms with Crippen LogP contribution in [0.4, 0.5) is 0 Å². The van der Waals surface area contributed by atoms with Gasteiger partial charge in [-0.3, -0.25) is 4.79 Å². The highest BCUT2D eigenvalue weighted by Gasteiger charge is 2.22. The van der Waals surface area contributed by atoms with Crippen molar-refractivity contribution in [1.29, 1.82) is 0 Å². The van der Waals surface area contributed by atoms with E-state index in [2.05, 4.69) is 5.10 Å². The number of hydrazone groups is 1. The third-order valence-corrected chi connectivity index (χ3v) is 3.70. The minimum atomic E-state index is -0.160. The Balaban J connectivity index is 1.61. The Morgan fingerprint density at radius 3 is 2.42 bits per heavy atom. The normalized spacial score (nSPS) is 13.5. The zero-order chi connectivity index (χ0) is 16.8. The monoisotopic (exact) mass is 324 g/mol. The van der Waals surface area contributed by atoms with Gasteiger partial charge in [0.25, 0.3) is 5.91 Å². The molecular formula is C19H20N2O3. The molecule has 0 saturated heterocycles. The summed E-state index contributed by atoms with van der Waals surface area (Å²) in [6, 6.07) is 17.2. The van der Waals surface area contributed by atoms with Gasteiger partial charge >= 0.3 is 0 Å². The SMILES string of the molecule is CCOc1ccccc1OCC(=O)N1CCC(c2ccccc2)=N1. The van der Waals surface area contributed by atoms with Crippen molar-refractivity contribution in [3.8, 4) is 11.5 Å². The summed E-state index contributed by atoms with van der Waals surface area (Å²) in [7, 11) is 0. The van der Waals surface area contributed by atoms with Crippen molar-refractivity contribution in [2.24, 2.45) is 5.10 Å². The second kappa shape index (κ2) is 7.64. The predicted molar refractivity (Wildman–Crippen MR) is 92.4 cm³/mol. The van der Waals surface area contributed by atoms with Gasteiger partial charge in [-0.05, 0) is 24.6 Å². The maximum atomic E-state index is 12.3. The van der Waals surface area contributed by atoms with Crippen LogP contribution in [0.3, 0.4) is 0 Å². The number of hydrogen-bond donors (Lipinski definition) is 0. The molecule has 0 bridgehead atoms. The molecule has 0 atom stereocenters. The van der Waals surface area contributed by atoms with Crippen LogP contribution < -0.4 is 9.47 Å². The van der Waals surface area contributed by atoms with Crippen molar-refractivity contribution in [3.05, 3.63) is 60.2 Å². The lowest BCUT2D eigenvalue weighted by molar-refractivity contribution is -0.132. The smallest absolute Gasteiger partial charge is 0.280 e. The summed E-state index contributed by atoms with van der Waals surface area (Å²) < 4.78 is 11.1. The van der Waals surface area contributed by atoms with Crippen molar-refractivity contribution in [2.75, 3.05) is 19.8 Å². The van der Waals surface area contributed by atoms with Gasteiger partial charge in [0.2, 0.25) is 0 Å². The van der Waals surface area contributed by atoms with Crippen LogP contribution in [0.15, 0.2) is 59.7 Å². The number of ether oxygens (including phenoxy) is 2. The molecule has 5 nitrogen and oxygen atoms in total. The third-order valence-electron chi connectivity index (χ3n) is 3.70. The highest BCUT2D eigenvalue weighted by molar-refractivity contribution is 6.02. The van der Waals surface area contributed by atoms with Gasteiger partial charge in [0.15, 0.2) is 18.1 Å². The van der Waals surface area contributed by atoms with Crippen LogP contribution in [-0.2, 0) is 4.79 Å². The molecule has 1 amide bonds. The Hall–Kier alpha value is -2.82. The van der Waals surface area contributed by atoms with E-state index in [1.54, 1.807) is 6.07 Å². The molecule has 0 aromatic heterocycles. The molecule has 0 N–H and O–H groups in total. The summed E-state index contributed by atoms with van der Waals surface area (Å²) in [5.41, 5.74) is 1.98.